The molecular formula is C20H26N3O+. The predicted molar refractivity (Wildman–Crippen MR) is 98.8 cm³/mol. The van der Waals surface area contributed by atoms with E-state index in [1.807, 2.05) is 37.4 Å². The van der Waals surface area contributed by atoms with Crippen LogP contribution in [0.4, 0.5) is 11.4 Å². The van der Waals surface area contributed by atoms with E-state index in [-0.39, 0.29) is 5.91 Å². The van der Waals surface area contributed by atoms with Crippen LogP contribution in [-0.4, -0.2) is 45.7 Å². The van der Waals surface area contributed by atoms with Gasteiger partial charge in [-0.2, -0.15) is 0 Å². The van der Waals surface area contributed by atoms with Crippen molar-refractivity contribution < 1.29 is 9.69 Å². The first-order chi connectivity index (χ1) is 11.6. The highest BCUT2D eigenvalue weighted by molar-refractivity contribution is 5.93. The van der Waals surface area contributed by atoms with E-state index in [1.54, 1.807) is 4.90 Å². The summed E-state index contributed by atoms with van der Waals surface area (Å²) in [5.41, 5.74) is 3.60. The minimum absolute atomic E-state index is 0.181. The lowest BCUT2D eigenvalue weighted by molar-refractivity contribution is -0.892. The van der Waals surface area contributed by atoms with Crippen LogP contribution in [0.2, 0.25) is 0 Å². The van der Waals surface area contributed by atoms with Gasteiger partial charge < -0.3 is 14.7 Å². The summed E-state index contributed by atoms with van der Waals surface area (Å²) in [5.74, 6) is 0.181. The number of aryl methyl sites for hydroxylation is 1. The first kappa shape index (κ1) is 16.5. The molecule has 0 aromatic heterocycles. The maximum Gasteiger partial charge on any atom is 0.281 e. The van der Waals surface area contributed by atoms with E-state index in [9.17, 15) is 4.79 Å². The van der Waals surface area contributed by atoms with Crippen molar-refractivity contribution in [2.75, 3.05) is 49.6 Å². The SMILES string of the molecule is Cc1ccccc1N1CC[NH+](CC(=O)N(C)c2ccccc2)CC1. The molecule has 0 radical (unpaired) electrons. The molecule has 1 amide bonds. The highest BCUT2D eigenvalue weighted by Gasteiger charge is 2.24. The molecule has 3 rings (SSSR count). The van der Waals surface area contributed by atoms with Gasteiger partial charge in [0.05, 0.1) is 26.2 Å². The number of likely N-dealkylation sites (N-methyl/N-ethyl adjacent to an activating group) is 1. The van der Waals surface area contributed by atoms with Gasteiger partial charge in [0.15, 0.2) is 6.54 Å². The Labute approximate surface area is 144 Å². The van der Waals surface area contributed by atoms with Gasteiger partial charge in [-0.1, -0.05) is 36.4 Å². The Morgan fingerprint density at radius 2 is 1.67 bits per heavy atom. The van der Waals surface area contributed by atoms with Crippen molar-refractivity contribution in [2.45, 2.75) is 6.92 Å². The zero-order chi connectivity index (χ0) is 16.9. The van der Waals surface area contributed by atoms with E-state index in [2.05, 4.69) is 36.1 Å². The summed E-state index contributed by atoms with van der Waals surface area (Å²) in [6, 6.07) is 18.4. The van der Waals surface area contributed by atoms with Gasteiger partial charge in [0, 0.05) is 18.4 Å². The number of rotatable bonds is 4. The third kappa shape index (κ3) is 3.77. The van der Waals surface area contributed by atoms with Gasteiger partial charge in [0.1, 0.15) is 0 Å². The summed E-state index contributed by atoms with van der Waals surface area (Å²) in [5, 5.41) is 0. The summed E-state index contributed by atoms with van der Waals surface area (Å²) in [6.45, 7) is 6.73. The molecule has 0 spiro atoms. The van der Waals surface area contributed by atoms with E-state index in [0.717, 1.165) is 31.9 Å². The molecule has 1 heterocycles. The lowest BCUT2D eigenvalue weighted by Gasteiger charge is -2.34. The number of hydrogen-bond donors (Lipinski definition) is 1. The standard InChI is InChI=1S/C20H25N3O/c1-17-8-6-7-11-19(17)23-14-12-22(13-15-23)16-20(24)21(2)18-9-4-3-5-10-18/h3-11H,12-16H2,1-2H3/p+1. The maximum atomic E-state index is 12.5. The molecule has 1 aliphatic heterocycles. The van der Waals surface area contributed by atoms with Crippen LogP contribution in [0.25, 0.3) is 0 Å². The number of amides is 1. The number of anilines is 2. The van der Waals surface area contributed by atoms with Crippen LogP contribution < -0.4 is 14.7 Å². The molecule has 4 heteroatoms. The number of benzene rings is 2. The van der Waals surface area contributed by atoms with Crippen LogP contribution in [0.5, 0.6) is 0 Å². The lowest BCUT2D eigenvalue weighted by Crippen LogP contribution is -3.16. The molecule has 0 unspecified atom stereocenters. The fraction of sp³-hybridized carbons (Fsp3) is 0.350. The number of carbonyl (C=O) groups excluding carboxylic acids is 1. The van der Waals surface area contributed by atoms with Crippen LogP contribution in [0.1, 0.15) is 5.56 Å². The van der Waals surface area contributed by atoms with Crippen LogP contribution in [0.15, 0.2) is 54.6 Å². The van der Waals surface area contributed by atoms with Crippen molar-refractivity contribution in [1.29, 1.82) is 0 Å². The number of hydrogen-bond acceptors (Lipinski definition) is 2. The summed E-state index contributed by atoms with van der Waals surface area (Å²) in [7, 11) is 1.86. The summed E-state index contributed by atoms with van der Waals surface area (Å²) in [6.07, 6.45) is 0. The van der Waals surface area contributed by atoms with Crippen molar-refractivity contribution in [2.24, 2.45) is 0 Å². The number of nitrogens with one attached hydrogen (secondary N) is 1. The third-order valence-electron chi connectivity index (χ3n) is 4.85. The van der Waals surface area contributed by atoms with Crippen molar-refractivity contribution in [3.05, 3.63) is 60.2 Å². The van der Waals surface area contributed by atoms with Gasteiger partial charge in [0.2, 0.25) is 0 Å². The number of para-hydroxylation sites is 2. The zero-order valence-corrected chi connectivity index (χ0v) is 14.5. The molecule has 0 bridgehead atoms. The van der Waals surface area contributed by atoms with Crippen molar-refractivity contribution >= 4 is 17.3 Å². The summed E-state index contributed by atoms with van der Waals surface area (Å²) >= 11 is 0. The molecule has 1 N–H and O–H groups in total. The molecule has 2 aromatic rings. The van der Waals surface area contributed by atoms with Crippen molar-refractivity contribution in [3.8, 4) is 0 Å². The maximum absolute atomic E-state index is 12.5. The molecule has 0 aliphatic carbocycles. The Kier molecular flexibility index (Phi) is 5.16. The molecule has 126 valence electrons. The van der Waals surface area contributed by atoms with E-state index in [0.29, 0.717) is 6.54 Å². The second-order valence-corrected chi connectivity index (χ2v) is 6.49. The minimum atomic E-state index is 0.181. The highest BCUT2D eigenvalue weighted by atomic mass is 16.2. The van der Waals surface area contributed by atoms with E-state index < -0.39 is 0 Å². The molecule has 4 nitrogen and oxygen atoms in total. The molecular weight excluding hydrogens is 298 g/mol. The first-order valence-corrected chi connectivity index (χ1v) is 8.61. The normalized spacial score (nSPS) is 15.3. The molecule has 2 aromatic carbocycles. The van der Waals surface area contributed by atoms with Gasteiger partial charge in [-0.3, -0.25) is 4.79 Å². The molecule has 1 aliphatic rings. The number of carbonyl (C=O) groups is 1. The lowest BCUT2D eigenvalue weighted by atomic mass is 10.1. The zero-order valence-electron chi connectivity index (χ0n) is 14.5. The Morgan fingerprint density at radius 3 is 2.33 bits per heavy atom. The largest absolute Gasteiger partial charge is 0.360 e. The fourth-order valence-electron chi connectivity index (χ4n) is 3.29. The predicted octanol–water partition coefficient (Wildman–Crippen LogP) is 1.36. The van der Waals surface area contributed by atoms with Crippen LogP contribution in [0.3, 0.4) is 0 Å². The fourth-order valence-corrected chi connectivity index (χ4v) is 3.29. The Hall–Kier alpha value is -2.33. The number of quaternary nitrogens is 1. The quantitative estimate of drug-likeness (QED) is 0.920. The van der Waals surface area contributed by atoms with Gasteiger partial charge in [0.25, 0.3) is 5.91 Å². The van der Waals surface area contributed by atoms with Gasteiger partial charge >= 0.3 is 0 Å². The molecule has 0 atom stereocenters. The van der Waals surface area contributed by atoms with Gasteiger partial charge in [-0.15, -0.1) is 0 Å². The Morgan fingerprint density at radius 1 is 1.04 bits per heavy atom. The monoisotopic (exact) mass is 324 g/mol. The van der Waals surface area contributed by atoms with Gasteiger partial charge in [-0.25, -0.2) is 0 Å². The average molecular weight is 324 g/mol. The molecule has 1 fully saturated rings. The van der Waals surface area contributed by atoms with Crippen molar-refractivity contribution in [3.63, 3.8) is 0 Å². The molecule has 24 heavy (non-hydrogen) atoms. The van der Waals surface area contributed by atoms with E-state index in [4.69, 9.17) is 0 Å². The van der Waals surface area contributed by atoms with E-state index in [1.165, 1.54) is 16.2 Å². The Balaban J connectivity index is 1.54. The third-order valence-corrected chi connectivity index (χ3v) is 4.85. The topological polar surface area (TPSA) is 28.0 Å². The first-order valence-electron chi connectivity index (χ1n) is 8.61. The minimum Gasteiger partial charge on any atom is -0.360 e. The van der Waals surface area contributed by atoms with E-state index >= 15 is 0 Å². The summed E-state index contributed by atoms with van der Waals surface area (Å²) in [4.78, 5) is 18.1. The van der Waals surface area contributed by atoms with Crippen LogP contribution in [-0.2, 0) is 4.79 Å². The molecule has 1 saturated heterocycles. The number of nitrogens with zero attached hydrogens (tertiary/aromatic N) is 2. The average Bonchev–Trinajstić information content (AvgIpc) is 2.63. The smallest absolute Gasteiger partial charge is 0.281 e. The second kappa shape index (κ2) is 7.49. The Bertz CT molecular complexity index is 678. The van der Waals surface area contributed by atoms with Crippen LogP contribution >= 0.6 is 0 Å². The van der Waals surface area contributed by atoms with Crippen LogP contribution in [0, 0.1) is 6.92 Å². The second-order valence-electron chi connectivity index (χ2n) is 6.49. The molecule has 0 saturated carbocycles. The van der Waals surface area contributed by atoms with Crippen molar-refractivity contribution in [1.82, 2.24) is 0 Å². The van der Waals surface area contributed by atoms with Gasteiger partial charge in [-0.05, 0) is 30.7 Å². The summed E-state index contributed by atoms with van der Waals surface area (Å²) < 4.78 is 0. The number of piperazine rings is 1. The highest BCUT2D eigenvalue weighted by Crippen LogP contribution is 2.18.